The number of nitrogens with one attached hydrogen (secondary N) is 4. The maximum Gasteiger partial charge on any atom is 0.242 e. The van der Waals surface area contributed by atoms with Crippen LogP contribution >= 0.6 is 11.6 Å². The lowest BCUT2D eigenvalue weighted by Crippen LogP contribution is -2.52. The number of carbonyl (C=O) groups excluding carboxylic acids is 2. The number of halogens is 1. The molecular weight excluding hydrogens is 486 g/mol. The number of amides is 2. The van der Waals surface area contributed by atoms with Crippen LogP contribution in [-0.4, -0.2) is 36.3 Å². The summed E-state index contributed by atoms with van der Waals surface area (Å²) in [6.07, 6.45) is 2.10. The highest BCUT2D eigenvalue weighted by Crippen LogP contribution is 2.10. The Kier molecular flexibility index (Phi) is 10.7. The fraction of sp³-hybridized carbons (Fsp3) is 0.276. The van der Waals surface area contributed by atoms with Crippen molar-refractivity contribution in [1.82, 2.24) is 16.0 Å². The first-order valence-electron chi connectivity index (χ1n) is 12.3. The first kappa shape index (κ1) is 27.9. The molecule has 194 valence electrons. The van der Waals surface area contributed by atoms with E-state index in [0.29, 0.717) is 30.1 Å². The van der Waals surface area contributed by atoms with Crippen molar-refractivity contribution >= 4 is 29.3 Å². The number of benzene rings is 3. The monoisotopic (exact) mass is 519 g/mol. The van der Waals surface area contributed by atoms with E-state index in [1.54, 1.807) is 19.1 Å². The topological polar surface area (TPSA) is 120 Å². The molecule has 7 nitrogen and oxygen atoms in total. The molecule has 3 aromatic rings. The number of nitrogens with two attached hydrogens (primary N) is 1. The lowest BCUT2D eigenvalue weighted by atomic mass is 10.0. The van der Waals surface area contributed by atoms with E-state index in [4.69, 9.17) is 22.7 Å². The largest absolute Gasteiger partial charge is 0.384 e. The van der Waals surface area contributed by atoms with Crippen molar-refractivity contribution in [2.45, 2.75) is 44.8 Å². The first-order chi connectivity index (χ1) is 17.8. The number of carbonyl (C=O) groups is 2. The van der Waals surface area contributed by atoms with Gasteiger partial charge in [0.25, 0.3) is 0 Å². The van der Waals surface area contributed by atoms with Gasteiger partial charge < -0.3 is 21.7 Å². The maximum absolute atomic E-state index is 13.1. The minimum absolute atomic E-state index is 0.00415. The van der Waals surface area contributed by atoms with Crippen molar-refractivity contribution < 1.29 is 9.59 Å². The highest BCUT2D eigenvalue weighted by Gasteiger charge is 2.22. The lowest BCUT2D eigenvalue weighted by Gasteiger charge is -2.21. The van der Waals surface area contributed by atoms with Crippen molar-refractivity contribution in [2.24, 2.45) is 5.73 Å². The van der Waals surface area contributed by atoms with E-state index in [1.807, 2.05) is 66.7 Å². The molecule has 0 saturated carbocycles. The molecule has 6 N–H and O–H groups in total. The van der Waals surface area contributed by atoms with Gasteiger partial charge in [-0.05, 0) is 61.6 Å². The van der Waals surface area contributed by atoms with E-state index in [0.717, 1.165) is 29.5 Å². The van der Waals surface area contributed by atoms with Crippen LogP contribution in [0.2, 0.25) is 5.02 Å². The van der Waals surface area contributed by atoms with Gasteiger partial charge in [-0.1, -0.05) is 78.3 Å². The summed E-state index contributed by atoms with van der Waals surface area (Å²) in [6, 6.07) is 23.6. The highest BCUT2D eigenvalue weighted by molar-refractivity contribution is 6.30. The van der Waals surface area contributed by atoms with Crippen molar-refractivity contribution in [3.8, 4) is 0 Å². The average molecular weight is 520 g/mol. The third-order valence-corrected chi connectivity index (χ3v) is 6.33. The van der Waals surface area contributed by atoms with E-state index in [-0.39, 0.29) is 17.6 Å². The minimum atomic E-state index is -0.693. The number of hydrogen-bond acceptors (Lipinski definition) is 4. The van der Waals surface area contributed by atoms with Gasteiger partial charge in [-0.15, -0.1) is 0 Å². The van der Waals surface area contributed by atoms with Gasteiger partial charge in [-0.3, -0.25) is 15.0 Å². The molecule has 2 amide bonds. The standard InChI is InChI=1S/C29H34ClN5O2/c1-20(28(36)34-19-23-7-12-24(13-8-23)27(31)32)35-29(37)26(16-11-21-5-3-2-4-6-21)33-18-17-22-9-14-25(30)15-10-22/h2-10,12-15,20,26,33H,11,16-19H2,1H3,(H3,31,32)(H,34,36)(H,35,37). The van der Waals surface area contributed by atoms with E-state index in [2.05, 4.69) is 16.0 Å². The van der Waals surface area contributed by atoms with Gasteiger partial charge in [0.15, 0.2) is 0 Å². The van der Waals surface area contributed by atoms with Crippen molar-refractivity contribution in [3.05, 3.63) is 106 Å². The molecular formula is C29H34ClN5O2. The zero-order valence-corrected chi connectivity index (χ0v) is 21.7. The Morgan fingerprint density at radius 2 is 1.49 bits per heavy atom. The summed E-state index contributed by atoms with van der Waals surface area (Å²) in [7, 11) is 0. The molecule has 0 spiro atoms. The molecule has 0 aromatic heterocycles. The highest BCUT2D eigenvalue weighted by atomic mass is 35.5. The third kappa shape index (κ3) is 9.37. The van der Waals surface area contributed by atoms with Crippen LogP contribution in [0.15, 0.2) is 78.9 Å². The summed E-state index contributed by atoms with van der Waals surface area (Å²) < 4.78 is 0. The summed E-state index contributed by atoms with van der Waals surface area (Å²) in [5, 5.41) is 17.2. The molecule has 0 radical (unpaired) electrons. The van der Waals surface area contributed by atoms with E-state index < -0.39 is 12.1 Å². The summed E-state index contributed by atoms with van der Waals surface area (Å²) in [4.78, 5) is 25.8. The van der Waals surface area contributed by atoms with Gasteiger partial charge in [0.05, 0.1) is 6.04 Å². The van der Waals surface area contributed by atoms with Gasteiger partial charge >= 0.3 is 0 Å². The van der Waals surface area contributed by atoms with Gasteiger partial charge in [-0.2, -0.15) is 0 Å². The maximum atomic E-state index is 13.1. The van der Waals surface area contributed by atoms with Crippen LogP contribution in [0.5, 0.6) is 0 Å². The second-order valence-electron chi connectivity index (χ2n) is 8.97. The number of aryl methyl sites for hydroxylation is 1. The first-order valence-corrected chi connectivity index (χ1v) is 12.7. The second kappa shape index (κ2) is 14.2. The van der Waals surface area contributed by atoms with Crippen LogP contribution in [0, 0.1) is 5.41 Å². The zero-order valence-electron chi connectivity index (χ0n) is 21.0. The predicted molar refractivity (Wildman–Crippen MR) is 149 cm³/mol. The van der Waals surface area contributed by atoms with Gasteiger partial charge in [0.1, 0.15) is 11.9 Å². The van der Waals surface area contributed by atoms with Crippen LogP contribution < -0.4 is 21.7 Å². The Morgan fingerprint density at radius 3 is 2.14 bits per heavy atom. The SMILES string of the molecule is CC(NC(=O)C(CCc1ccccc1)NCCc1ccc(Cl)cc1)C(=O)NCc1ccc(C(=N)N)cc1. The Balaban J connectivity index is 1.53. The summed E-state index contributed by atoms with van der Waals surface area (Å²) in [5.41, 5.74) is 9.26. The molecule has 8 heteroatoms. The van der Waals surface area contributed by atoms with Gasteiger partial charge in [-0.25, -0.2) is 0 Å². The molecule has 2 atom stereocenters. The molecule has 0 saturated heterocycles. The van der Waals surface area contributed by atoms with Crippen molar-refractivity contribution in [2.75, 3.05) is 6.54 Å². The molecule has 0 aliphatic rings. The summed E-state index contributed by atoms with van der Waals surface area (Å²) >= 11 is 5.97. The molecule has 3 rings (SSSR count). The summed E-state index contributed by atoms with van der Waals surface area (Å²) in [5.74, 6) is -0.483. The number of nitrogen functional groups attached to an aromatic ring is 1. The molecule has 0 aliphatic heterocycles. The molecule has 0 bridgehead atoms. The zero-order chi connectivity index (χ0) is 26.6. The fourth-order valence-corrected chi connectivity index (χ4v) is 3.97. The third-order valence-electron chi connectivity index (χ3n) is 6.08. The predicted octanol–water partition coefficient (Wildman–Crippen LogP) is 3.58. The van der Waals surface area contributed by atoms with Crippen LogP contribution in [0.4, 0.5) is 0 Å². The fourth-order valence-electron chi connectivity index (χ4n) is 3.85. The van der Waals surface area contributed by atoms with Crippen molar-refractivity contribution in [1.29, 1.82) is 5.41 Å². The molecule has 2 unspecified atom stereocenters. The normalized spacial score (nSPS) is 12.4. The lowest BCUT2D eigenvalue weighted by molar-refractivity contribution is -0.129. The Morgan fingerprint density at radius 1 is 0.865 bits per heavy atom. The molecule has 0 aliphatic carbocycles. The Bertz CT molecular complexity index is 1170. The summed E-state index contributed by atoms with van der Waals surface area (Å²) in [6.45, 7) is 2.60. The minimum Gasteiger partial charge on any atom is -0.384 e. The quantitative estimate of drug-likeness (QED) is 0.175. The smallest absolute Gasteiger partial charge is 0.242 e. The number of amidine groups is 1. The molecule has 37 heavy (non-hydrogen) atoms. The second-order valence-corrected chi connectivity index (χ2v) is 9.40. The van der Waals surface area contributed by atoms with Crippen molar-refractivity contribution in [3.63, 3.8) is 0 Å². The van der Waals surface area contributed by atoms with Crippen LogP contribution in [0.1, 0.15) is 35.6 Å². The van der Waals surface area contributed by atoms with E-state index in [9.17, 15) is 9.59 Å². The molecule has 3 aromatic carbocycles. The van der Waals surface area contributed by atoms with Crippen LogP contribution in [-0.2, 0) is 29.0 Å². The number of hydrogen-bond donors (Lipinski definition) is 5. The number of rotatable bonds is 13. The molecule has 0 heterocycles. The average Bonchev–Trinajstić information content (AvgIpc) is 2.90. The van der Waals surface area contributed by atoms with Gasteiger partial charge in [0.2, 0.25) is 11.8 Å². The molecule has 0 fully saturated rings. The Labute approximate surface area is 223 Å². The van der Waals surface area contributed by atoms with Crippen LogP contribution in [0.25, 0.3) is 0 Å². The van der Waals surface area contributed by atoms with E-state index >= 15 is 0 Å². The van der Waals surface area contributed by atoms with Crippen LogP contribution in [0.3, 0.4) is 0 Å². The van der Waals surface area contributed by atoms with Gasteiger partial charge in [0, 0.05) is 17.1 Å². The Hall–Kier alpha value is -3.68. The van der Waals surface area contributed by atoms with E-state index in [1.165, 1.54) is 0 Å².